The van der Waals surface area contributed by atoms with Crippen LogP contribution < -0.4 is 11.2 Å². The smallest absolute Gasteiger partial charge is 0.196 e. The lowest BCUT2D eigenvalue weighted by molar-refractivity contribution is 0.437. The minimum absolute atomic E-state index is 0. The summed E-state index contributed by atoms with van der Waals surface area (Å²) < 4.78 is 6.15. The van der Waals surface area contributed by atoms with Gasteiger partial charge < -0.3 is 15.3 Å². The molecule has 0 aliphatic rings. The first-order chi connectivity index (χ1) is 11.3. The maximum Gasteiger partial charge on any atom is 0.196 e. The molecule has 4 nitrogen and oxygen atoms in total. The number of rotatable bonds is 3. The molecular formula is C20H22ClNO3. The minimum Gasteiger partial charge on any atom is -0.507 e. The van der Waals surface area contributed by atoms with E-state index < -0.39 is 5.54 Å². The normalized spacial score (nSPS) is 11.4. The molecule has 0 amide bonds. The second-order valence-corrected chi connectivity index (χ2v) is 6.52. The molecule has 3 rings (SSSR count). The summed E-state index contributed by atoms with van der Waals surface area (Å²) in [5.41, 5.74) is 7.53. The van der Waals surface area contributed by atoms with E-state index in [0.717, 1.165) is 5.56 Å². The van der Waals surface area contributed by atoms with Crippen LogP contribution in [-0.2, 0) is 12.0 Å². The van der Waals surface area contributed by atoms with Gasteiger partial charge in [0, 0.05) is 16.7 Å². The van der Waals surface area contributed by atoms with Crippen LogP contribution in [0.25, 0.3) is 22.3 Å². The van der Waals surface area contributed by atoms with E-state index in [9.17, 15) is 9.90 Å². The number of phenols is 1. The Kier molecular flexibility index (Phi) is 5.26. The van der Waals surface area contributed by atoms with E-state index in [0.29, 0.717) is 34.3 Å². The van der Waals surface area contributed by atoms with E-state index in [4.69, 9.17) is 10.2 Å². The molecule has 132 valence electrons. The second kappa shape index (κ2) is 6.90. The summed E-state index contributed by atoms with van der Waals surface area (Å²) in [4.78, 5) is 13.0. The Bertz CT molecular complexity index is 957. The fourth-order valence-corrected chi connectivity index (χ4v) is 3.05. The van der Waals surface area contributed by atoms with Crippen molar-refractivity contribution in [2.24, 2.45) is 5.73 Å². The third-order valence-corrected chi connectivity index (χ3v) is 4.17. The van der Waals surface area contributed by atoms with E-state index in [2.05, 4.69) is 0 Å². The predicted octanol–water partition coefficient (Wildman–Crippen LogP) is 4.34. The maximum atomic E-state index is 13.0. The molecule has 0 bridgehead atoms. The molecule has 0 saturated carbocycles. The summed E-state index contributed by atoms with van der Waals surface area (Å²) in [5.74, 6) is 0.563. The summed E-state index contributed by atoms with van der Waals surface area (Å²) >= 11 is 0. The monoisotopic (exact) mass is 359 g/mol. The molecule has 3 aromatic rings. The van der Waals surface area contributed by atoms with Gasteiger partial charge in [0.15, 0.2) is 5.43 Å². The average molecular weight is 360 g/mol. The second-order valence-electron chi connectivity index (χ2n) is 6.52. The molecule has 0 aliphatic heterocycles. The van der Waals surface area contributed by atoms with E-state index in [1.54, 1.807) is 19.9 Å². The van der Waals surface area contributed by atoms with Crippen molar-refractivity contribution in [3.8, 4) is 17.1 Å². The van der Waals surface area contributed by atoms with Gasteiger partial charge >= 0.3 is 0 Å². The number of nitrogens with two attached hydrogens (primary N) is 1. The lowest BCUT2D eigenvalue weighted by Gasteiger charge is -2.22. The zero-order chi connectivity index (χ0) is 17.5. The van der Waals surface area contributed by atoms with Gasteiger partial charge in [-0.1, -0.05) is 37.3 Å². The van der Waals surface area contributed by atoms with Crippen molar-refractivity contribution < 1.29 is 9.52 Å². The van der Waals surface area contributed by atoms with Crippen LogP contribution in [0.2, 0.25) is 0 Å². The molecule has 3 N–H and O–H groups in total. The Morgan fingerprint density at radius 3 is 2.32 bits per heavy atom. The van der Waals surface area contributed by atoms with Crippen LogP contribution in [0, 0.1) is 0 Å². The Hall–Kier alpha value is -2.30. The fourth-order valence-electron chi connectivity index (χ4n) is 3.05. The summed E-state index contributed by atoms with van der Waals surface area (Å²) in [7, 11) is 0. The van der Waals surface area contributed by atoms with E-state index in [1.165, 1.54) is 6.07 Å². The first kappa shape index (κ1) is 19.0. The van der Waals surface area contributed by atoms with Crippen molar-refractivity contribution in [1.29, 1.82) is 0 Å². The van der Waals surface area contributed by atoms with E-state index >= 15 is 0 Å². The summed E-state index contributed by atoms with van der Waals surface area (Å²) in [6, 6.07) is 12.6. The topological polar surface area (TPSA) is 76.5 Å². The first-order valence-electron chi connectivity index (χ1n) is 8.01. The van der Waals surface area contributed by atoms with E-state index in [-0.39, 0.29) is 23.6 Å². The van der Waals surface area contributed by atoms with Gasteiger partial charge in [-0.25, -0.2) is 0 Å². The molecule has 0 fully saturated rings. The summed E-state index contributed by atoms with van der Waals surface area (Å²) in [5, 5.41) is 10.7. The zero-order valence-electron chi connectivity index (χ0n) is 14.5. The summed E-state index contributed by atoms with van der Waals surface area (Å²) in [6.45, 7) is 5.48. The Balaban J connectivity index is 0.00000225. The largest absolute Gasteiger partial charge is 0.507 e. The van der Waals surface area contributed by atoms with Crippen LogP contribution in [0.5, 0.6) is 5.75 Å². The molecule has 1 aromatic heterocycles. The molecule has 0 radical (unpaired) electrons. The molecule has 1 heterocycles. The Morgan fingerprint density at radius 2 is 1.76 bits per heavy atom. The lowest BCUT2D eigenvalue weighted by atomic mass is 9.91. The Morgan fingerprint density at radius 1 is 1.12 bits per heavy atom. The highest BCUT2D eigenvalue weighted by molar-refractivity contribution is 5.86. The lowest BCUT2D eigenvalue weighted by Crippen LogP contribution is -2.29. The van der Waals surface area contributed by atoms with Gasteiger partial charge in [-0.15, -0.1) is 12.4 Å². The average Bonchev–Trinajstić information content (AvgIpc) is 2.54. The van der Waals surface area contributed by atoms with E-state index in [1.807, 2.05) is 37.3 Å². The summed E-state index contributed by atoms with van der Waals surface area (Å²) in [6.07, 6.45) is 0.560. The fraction of sp³-hybridized carbons (Fsp3) is 0.250. The van der Waals surface area contributed by atoms with Gasteiger partial charge in [0.05, 0.1) is 10.9 Å². The molecule has 0 saturated heterocycles. The molecule has 0 aliphatic carbocycles. The van der Waals surface area contributed by atoms with Crippen LogP contribution in [0.4, 0.5) is 0 Å². The SMILES string of the molecule is CCc1c(-c2ccccc2)oc2c(C(C)(C)N)c(O)ccc2c1=O.Cl. The van der Waals surface area contributed by atoms with Crippen molar-refractivity contribution in [3.05, 3.63) is 63.8 Å². The van der Waals surface area contributed by atoms with Gasteiger partial charge in [-0.2, -0.15) is 0 Å². The van der Waals surface area contributed by atoms with Gasteiger partial charge in [0.25, 0.3) is 0 Å². The third kappa shape index (κ3) is 3.28. The number of phenolic OH excluding ortho intramolecular Hbond substituents is 1. The number of halogens is 1. The maximum absolute atomic E-state index is 13.0. The van der Waals surface area contributed by atoms with Gasteiger partial charge in [-0.3, -0.25) is 4.79 Å². The van der Waals surface area contributed by atoms with Gasteiger partial charge in [0.1, 0.15) is 17.1 Å². The minimum atomic E-state index is -0.846. The highest BCUT2D eigenvalue weighted by Crippen LogP contribution is 2.36. The van der Waals surface area contributed by atoms with Crippen LogP contribution in [0.1, 0.15) is 31.9 Å². The van der Waals surface area contributed by atoms with Crippen molar-refractivity contribution >= 4 is 23.4 Å². The number of hydrogen-bond acceptors (Lipinski definition) is 4. The van der Waals surface area contributed by atoms with Crippen molar-refractivity contribution in [3.63, 3.8) is 0 Å². The number of fused-ring (bicyclic) bond motifs is 1. The molecule has 5 heteroatoms. The van der Waals surface area contributed by atoms with Crippen LogP contribution in [-0.4, -0.2) is 5.11 Å². The van der Waals surface area contributed by atoms with Crippen LogP contribution in [0.15, 0.2) is 51.7 Å². The third-order valence-electron chi connectivity index (χ3n) is 4.17. The molecule has 25 heavy (non-hydrogen) atoms. The molecule has 2 aromatic carbocycles. The van der Waals surface area contributed by atoms with Crippen molar-refractivity contribution in [2.75, 3.05) is 0 Å². The van der Waals surface area contributed by atoms with Gasteiger partial charge in [-0.05, 0) is 32.4 Å². The van der Waals surface area contributed by atoms with Gasteiger partial charge in [0.2, 0.25) is 0 Å². The molecule has 0 spiro atoms. The number of hydrogen-bond donors (Lipinski definition) is 2. The standard InChI is InChI=1S/C20H21NO3.ClH/c1-4-13-17(23)14-10-11-15(22)16(20(2,3)21)19(14)24-18(13)12-8-6-5-7-9-12;/h5-11,22H,4,21H2,1-3H3;1H. The highest BCUT2D eigenvalue weighted by atomic mass is 35.5. The van der Waals surface area contributed by atoms with Crippen LogP contribution >= 0.6 is 12.4 Å². The molecule has 0 unspecified atom stereocenters. The predicted molar refractivity (Wildman–Crippen MR) is 103 cm³/mol. The van der Waals surface area contributed by atoms with Crippen molar-refractivity contribution in [2.45, 2.75) is 32.7 Å². The highest BCUT2D eigenvalue weighted by Gasteiger charge is 2.26. The number of aromatic hydroxyl groups is 1. The first-order valence-corrected chi connectivity index (χ1v) is 8.01. The zero-order valence-corrected chi connectivity index (χ0v) is 15.3. The van der Waals surface area contributed by atoms with Crippen LogP contribution in [0.3, 0.4) is 0 Å². The number of benzene rings is 2. The molecular weight excluding hydrogens is 338 g/mol. The molecule has 0 atom stereocenters. The quantitative estimate of drug-likeness (QED) is 0.729. The Labute approximate surface area is 152 Å². The van der Waals surface area contributed by atoms with Crippen molar-refractivity contribution in [1.82, 2.24) is 0 Å².